The van der Waals surface area contributed by atoms with Gasteiger partial charge in [-0.15, -0.1) is 0 Å². The quantitative estimate of drug-likeness (QED) is 0.193. The Bertz CT molecular complexity index is 522. The topological polar surface area (TPSA) is 208 Å². The highest BCUT2D eigenvalue weighted by Crippen LogP contribution is 1.99. The minimum atomic E-state index is -1.60. The van der Waals surface area contributed by atoms with E-state index in [1.165, 1.54) is 6.92 Å². The van der Waals surface area contributed by atoms with Gasteiger partial charge >= 0.3 is 11.9 Å². The van der Waals surface area contributed by atoms with E-state index >= 15 is 0 Å². The lowest BCUT2D eigenvalue weighted by Crippen LogP contribution is -2.54. The van der Waals surface area contributed by atoms with Gasteiger partial charge in [-0.2, -0.15) is 0 Å². The Kier molecular flexibility index (Phi) is 9.74. The normalized spacial score (nSPS) is 13.9. The fourth-order valence-corrected chi connectivity index (χ4v) is 1.57. The number of aliphatic hydroxyl groups excluding tert-OH is 1. The first kappa shape index (κ1) is 22.3. The molecule has 0 saturated carbocycles. The molecule has 8 N–H and O–H groups in total. The van der Waals surface area contributed by atoms with Crippen LogP contribution in [0.5, 0.6) is 0 Å². The van der Waals surface area contributed by atoms with Gasteiger partial charge in [0.05, 0.1) is 19.2 Å². The number of amides is 3. The summed E-state index contributed by atoms with van der Waals surface area (Å²) in [5.41, 5.74) is 5.30. The van der Waals surface area contributed by atoms with E-state index in [2.05, 4.69) is 10.6 Å². The molecule has 0 saturated heterocycles. The Morgan fingerprint density at radius 1 is 1.00 bits per heavy atom. The molecule has 0 aromatic rings. The molecule has 0 aliphatic heterocycles. The molecule has 3 atom stereocenters. The van der Waals surface area contributed by atoms with Crippen molar-refractivity contribution in [1.82, 2.24) is 16.0 Å². The van der Waals surface area contributed by atoms with E-state index in [0.717, 1.165) is 0 Å². The molecule has 3 amide bonds. The number of carbonyl (C=O) groups is 5. The lowest BCUT2D eigenvalue weighted by molar-refractivity contribution is -0.144. The van der Waals surface area contributed by atoms with Crippen LogP contribution in [-0.4, -0.2) is 76.3 Å². The molecule has 0 aromatic carbocycles. The molecule has 0 aliphatic carbocycles. The van der Waals surface area contributed by atoms with Gasteiger partial charge in [0.2, 0.25) is 17.7 Å². The van der Waals surface area contributed by atoms with Gasteiger partial charge in [-0.05, 0) is 13.3 Å². The van der Waals surface area contributed by atoms with Crippen LogP contribution in [0.15, 0.2) is 0 Å². The number of aliphatic hydroxyl groups is 1. The lowest BCUT2D eigenvalue weighted by atomic mass is 10.1. The van der Waals surface area contributed by atoms with Crippen molar-refractivity contribution in [3.63, 3.8) is 0 Å². The molecule has 0 unspecified atom stereocenters. The highest BCUT2D eigenvalue weighted by molar-refractivity contribution is 5.92. The number of aliphatic carboxylic acids is 2. The predicted molar refractivity (Wildman–Crippen MR) is 82.1 cm³/mol. The predicted octanol–water partition coefficient (Wildman–Crippen LogP) is -3.64. The second-order valence-corrected chi connectivity index (χ2v) is 5.14. The third-order valence-electron chi connectivity index (χ3n) is 2.93. The lowest BCUT2D eigenvalue weighted by Gasteiger charge is -2.20. The van der Waals surface area contributed by atoms with Gasteiger partial charge in [0.15, 0.2) is 0 Å². The number of nitrogens with two attached hydrogens (primary N) is 1. The number of carbonyl (C=O) groups excluding carboxylic acids is 3. The van der Waals surface area contributed by atoms with Crippen LogP contribution in [0.25, 0.3) is 0 Å². The van der Waals surface area contributed by atoms with Crippen molar-refractivity contribution >= 4 is 29.7 Å². The molecule has 0 aliphatic rings. The molecule has 142 valence electrons. The van der Waals surface area contributed by atoms with Gasteiger partial charge in [0, 0.05) is 6.42 Å². The first-order valence-corrected chi connectivity index (χ1v) is 7.27. The Labute approximate surface area is 142 Å². The molecule has 12 heteroatoms. The number of hydrogen-bond donors (Lipinski definition) is 7. The molecule has 12 nitrogen and oxygen atoms in total. The van der Waals surface area contributed by atoms with E-state index in [0.29, 0.717) is 0 Å². The zero-order valence-electron chi connectivity index (χ0n) is 13.5. The van der Waals surface area contributed by atoms with Gasteiger partial charge in [-0.25, -0.2) is 4.79 Å². The highest BCUT2D eigenvalue weighted by Gasteiger charge is 2.26. The van der Waals surface area contributed by atoms with Crippen molar-refractivity contribution in [2.45, 2.75) is 37.9 Å². The van der Waals surface area contributed by atoms with Gasteiger partial charge < -0.3 is 37.0 Å². The summed E-state index contributed by atoms with van der Waals surface area (Å²) in [5.74, 6) is -5.10. The van der Waals surface area contributed by atoms with Crippen molar-refractivity contribution in [1.29, 1.82) is 0 Å². The van der Waals surface area contributed by atoms with Crippen molar-refractivity contribution in [3.8, 4) is 0 Å². The van der Waals surface area contributed by atoms with Gasteiger partial charge in [-0.3, -0.25) is 19.2 Å². The zero-order chi connectivity index (χ0) is 19.6. The molecule has 0 bridgehead atoms. The van der Waals surface area contributed by atoms with Gasteiger partial charge in [-0.1, -0.05) is 0 Å². The third-order valence-corrected chi connectivity index (χ3v) is 2.93. The highest BCUT2D eigenvalue weighted by atomic mass is 16.4. The van der Waals surface area contributed by atoms with Crippen LogP contribution in [0.2, 0.25) is 0 Å². The molecule has 0 rings (SSSR count). The number of carboxylic acid groups (broad SMARTS) is 2. The fraction of sp³-hybridized carbons (Fsp3) is 0.615. The largest absolute Gasteiger partial charge is 0.481 e. The molecule has 0 spiro atoms. The van der Waals surface area contributed by atoms with Crippen LogP contribution in [0.1, 0.15) is 19.8 Å². The Balaban J connectivity index is 4.82. The van der Waals surface area contributed by atoms with Crippen molar-refractivity contribution in [3.05, 3.63) is 0 Å². The number of carboxylic acids is 2. The Morgan fingerprint density at radius 2 is 1.60 bits per heavy atom. The summed E-state index contributed by atoms with van der Waals surface area (Å²) in [6.07, 6.45) is -0.784. The molecule has 0 fully saturated rings. The van der Waals surface area contributed by atoms with E-state index in [-0.39, 0.29) is 6.42 Å². The van der Waals surface area contributed by atoms with E-state index in [1.807, 2.05) is 5.32 Å². The molecular weight excluding hydrogens is 340 g/mol. The van der Waals surface area contributed by atoms with Gasteiger partial charge in [0.1, 0.15) is 12.1 Å². The van der Waals surface area contributed by atoms with E-state index in [4.69, 9.17) is 21.1 Å². The summed E-state index contributed by atoms with van der Waals surface area (Å²) in [5, 5.41) is 32.7. The molecular formula is C13H22N4O8. The maximum absolute atomic E-state index is 12.0. The second kappa shape index (κ2) is 10.9. The van der Waals surface area contributed by atoms with Crippen molar-refractivity contribution in [2.24, 2.45) is 5.73 Å². The first-order valence-electron chi connectivity index (χ1n) is 7.27. The zero-order valence-corrected chi connectivity index (χ0v) is 13.5. The Morgan fingerprint density at radius 3 is 2.04 bits per heavy atom. The number of nitrogens with one attached hydrogen (secondary N) is 3. The fourth-order valence-electron chi connectivity index (χ4n) is 1.57. The van der Waals surface area contributed by atoms with Crippen molar-refractivity contribution in [2.75, 3.05) is 13.2 Å². The first-order chi connectivity index (χ1) is 11.6. The summed E-state index contributed by atoms with van der Waals surface area (Å²) >= 11 is 0. The monoisotopic (exact) mass is 362 g/mol. The molecule has 0 aromatic heterocycles. The SMILES string of the molecule is C[C@H](N)C(=O)NCC(=O)N[C@@H](CCC(=O)O)C(=O)N[C@@H](CO)C(=O)O. The summed E-state index contributed by atoms with van der Waals surface area (Å²) in [7, 11) is 0. The average molecular weight is 362 g/mol. The summed E-state index contributed by atoms with van der Waals surface area (Å²) in [6.45, 7) is 0.0159. The minimum absolute atomic E-state index is 0.314. The summed E-state index contributed by atoms with van der Waals surface area (Å²) in [4.78, 5) is 56.5. The molecule has 0 radical (unpaired) electrons. The standard InChI is InChI=1S/C13H22N4O8/c1-6(14)11(22)15-4-9(19)16-7(2-3-10(20)21)12(23)17-8(5-18)13(24)25/h6-8,18H,2-5,14H2,1H3,(H,15,22)(H,16,19)(H,17,23)(H,20,21)(H,24,25)/t6-,7-,8-/m0/s1. The maximum Gasteiger partial charge on any atom is 0.328 e. The second-order valence-electron chi connectivity index (χ2n) is 5.14. The summed E-state index contributed by atoms with van der Waals surface area (Å²) in [6, 6.07) is -3.81. The average Bonchev–Trinajstić information content (AvgIpc) is 2.52. The van der Waals surface area contributed by atoms with Crippen LogP contribution in [0, 0.1) is 0 Å². The maximum atomic E-state index is 12.0. The minimum Gasteiger partial charge on any atom is -0.481 e. The summed E-state index contributed by atoms with van der Waals surface area (Å²) < 4.78 is 0. The molecule has 25 heavy (non-hydrogen) atoms. The van der Waals surface area contributed by atoms with Crippen LogP contribution < -0.4 is 21.7 Å². The molecule has 0 heterocycles. The van der Waals surface area contributed by atoms with Crippen LogP contribution in [0.3, 0.4) is 0 Å². The van der Waals surface area contributed by atoms with Crippen LogP contribution in [-0.2, 0) is 24.0 Å². The van der Waals surface area contributed by atoms with Crippen LogP contribution >= 0.6 is 0 Å². The van der Waals surface area contributed by atoms with Crippen LogP contribution in [0.4, 0.5) is 0 Å². The van der Waals surface area contributed by atoms with Crippen molar-refractivity contribution < 1.29 is 39.3 Å². The van der Waals surface area contributed by atoms with E-state index in [9.17, 15) is 24.0 Å². The smallest absolute Gasteiger partial charge is 0.328 e. The number of hydrogen-bond acceptors (Lipinski definition) is 7. The van der Waals surface area contributed by atoms with E-state index in [1.54, 1.807) is 0 Å². The number of rotatable bonds is 11. The third kappa shape index (κ3) is 9.22. The van der Waals surface area contributed by atoms with E-state index < -0.39 is 67.4 Å². The Hall–Kier alpha value is -2.73. The van der Waals surface area contributed by atoms with Gasteiger partial charge in [0.25, 0.3) is 0 Å².